The third-order valence-electron chi connectivity index (χ3n) is 1.90. The lowest BCUT2D eigenvalue weighted by Crippen LogP contribution is -2.17. The maximum absolute atomic E-state index is 13.0. The fourth-order valence-electron chi connectivity index (χ4n) is 1.18. The smallest absolute Gasteiger partial charge is 0.145 e. The Morgan fingerprint density at radius 2 is 2.00 bits per heavy atom. The second-order valence-corrected chi connectivity index (χ2v) is 3.93. The average molecular weight is 219 g/mol. The number of benzene rings is 1. The van der Waals surface area contributed by atoms with Crippen LogP contribution in [0.25, 0.3) is 0 Å². The fraction of sp³-hybridized carbons (Fsp3) is 0.400. The van der Waals surface area contributed by atoms with Gasteiger partial charge in [-0.2, -0.15) is 0 Å². The first-order valence-corrected chi connectivity index (χ1v) is 4.50. The SMILES string of the molecule is COc1cc(F)c(Cl)cc1C(C)(C)O. The van der Waals surface area contributed by atoms with E-state index >= 15 is 0 Å². The summed E-state index contributed by atoms with van der Waals surface area (Å²) in [6.45, 7) is 3.16. The first kappa shape index (κ1) is 11.3. The molecular weight excluding hydrogens is 207 g/mol. The van der Waals surface area contributed by atoms with Crippen LogP contribution >= 0.6 is 11.6 Å². The molecule has 0 radical (unpaired) electrons. The number of halogens is 2. The molecule has 1 N–H and O–H groups in total. The van der Waals surface area contributed by atoms with E-state index in [0.29, 0.717) is 11.3 Å². The summed E-state index contributed by atoms with van der Waals surface area (Å²) in [6, 6.07) is 2.53. The molecule has 0 spiro atoms. The third-order valence-corrected chi connectivity index (χ3v) is 2.19. The predicted molar refractivity (Wildman–Crippen MR) is 53.2 cm³/mol. The van der Waals surface area contributed by atoms with Crippen molar-refractivity contribution >= 4 is 11.6 Å². The van der Waals surface area contributed by atoms with Crippen LogP contribution in [0.5, 0.6) is 5.75 Å². The summed E-state index contributed by atoms with van der Waals surface area (Å²) in [5, 5.41) is 9.73. The van der Waals surface area contributed by atoms with E-state index in [0.717, 1.165) is 6.07 Å². The summed E-state index contributed by atoms with van der Waals surface area (Å²) in [5.74, 6) is -0.268. The van der Waals surface area contributed by atoms with E-state index in [1.165, 1.54) is 13.2 Å². The van der Waals surface area contributed by atoms with Crippen molar-refractivity contribution in [2.45, 2.75) is 19.4 Å². The standard InChI is InChI=1S/C10H12ClFO2/c1-10(2,13)6-4-7(11)8(12)5-9(6)14-3/h4-5,13H,1-3H3. The van der Waals surface area contributed by atoms with Crippen molar-refractivity contribution in [3.05, 3.63) is 28.5 Å². The van der Waals surface area contributed by atoms with Gasteiger partial charge >= 0.3 is 0 Å². The van der Waals surface area contributed by atoms with Gasteiger partial charge in [0.25, 0.3) is 0 Å². The average Bonchev–Trinajstić information content (AvgIpc) is 2.07. The molecule has 1 aromatic rings. The zero-order chi connectivity index (χ0) is 10.9. The Hall–Kier alpha value is -0.800. The van der Waals surface area contributed by atoms with E-state index in [4.69, 9.17) is 16.3 Å². The molecule has 0 aliphatic heterocycles. The maximum atomic E-state index is 13.0. The Kier molecular flexibility index (Phi) is 3.02. The van der Waals surface area contributed by atoms with Crippen molar-refractivity contribution in [2.75, 3.05) is 7.11 Å². The molecule has 0 saturated carbocycles. The first-order chi connectivity index (χ1) is 6.36. The highest BCUT2D eigenvalue weighted by Gasteiger charge is 2.22. The van der Waals surface area contributed by atoms with Crippen LogP contribution in [0.4, 0.5) is 4.39 Å². The number of ether oxygens (including phenoxy) is 1. The number of hydrogen-bond donors (Lipinski definition) is 1. The minimum atomic E-state index is -1.11. The van der Waals surface area contributed by atoms with Gasteiger partial charge in [-0.1, -0.05) is 11.6 Å². The van der Waals surface area contributed by atoms with E-state index in [-0.39, 0.29) is 5.02 Å². The van der Waals surface area contributed by atoms with E-state index in [2.05, 4.69) is 0 Å². The van der Waals surface area contributed by atoms with E-state index in [1.54, 1.807) is 13.8 Å². The lowest BCUT2D eigenvalue weighted by atomic mass is 9.97. The topological polar surface area (TPSA) is 29.5 Å². The summed E-state index contributed by atoms with van der Waals surface area (Å²) in [7, 11) is 1.41. The molecule has 78 valence electrons. The molecule has 14 heavy (non-hydrogen) atoms. The Balaban J connectivity index is 3.35. The predicted octanol–water partition coefficient (Wildman–Crippen LogP) is 2.72. The second kappa shape index (κ2) is 3.75. The molecule has 0 unspecified atom stereocenters. The molecule has 4 heteroatoms. The van der Waals surface area contributed by atoms with Crippen molar-refractivity contribution in [1.29, 1.82) is 0 Å². The van der Waals surface area contributed by atoms with Gasteiger partial charge in [-0.25, -0.2) is 4.39 Å². The Morgan fingerprint density at radius 1 is 1.43 bits per heavy atom. The number of aliphatic hydroxyl groups is 1. The fourth-order valence-corrected chi connectivity index (χ4v) is 1.34. The zero-order valence-corrected chi connectivity index (χ0v) is 9.02. The maximum Gasteiger partial charge on any atom is 0.145 e. The molecule has 0 heterocycles. The summed E-state index contributed by atoms with van der Waals surface area (Å²) >= 11 is 5.61. The van der Waals surface area contributed by atoms with E-state index in [1.807, 2.05) is 0 Å². The second-order valence-electron chi connectivity index (χ2n) is 3.53. The van der Waals surface area contributed by atoms with Crippen molar-refractivity contribution in [3.8, 4) is 5.75 Å². The highest BCUT2D eigenvalue weighted by molar-refractivity contribution is 6.30. The Bertz CT molecular complexity index is 345. The molecule has 1 rings (SSSR count). The highest BCUT2D eigenvalue weighted by atomic mass is 35.5. The van der Waals surface area contributed by atoms with Crippen LogP contribution in [0.3, 0.4) is 0 Å². The van der Waals surface area contributed by atoms with Gasteiger partial charge in [0.1, 0.15) is 11.6 Å². The van der Waals surface area contributed by atoms with Crippen molar-refractivity contribution in [3.63, 3.8) is 0 Å². The normalized spacial score (nSPS) is 11.6. The van der Waals surface area contributed by atoms with Crippen molar-refractivity contribution < 1.29 is 14.2 Å². The molecule has 0 aromatic heterocycles. The van der Waals surface area contributed by atoms with Gasteiger partial charge < -0.3 is 9.84 Å². The quantitative estimate of drug-likeness (QED) is 0.827. The number of rotatable bonds is 2. The Labute approximate surface area is 87.3 Å². The van der Waals surface area contributed by atoms with Gasteiger partial charge in [0.05, 0.1) is 17.7 Å². The molecule has 0 amide bonds. The largest absolute Gasteiger partial charge is 0.496 e. The number of methoxy groups -OCH3 is 1. The van der Waals surface area contributed by atoms with Crippen LogP contribution in [-0.4, -0.2) is 12.2 Å². The van der Waals surface area contributed by atoms with Gasteiger partial charge in [-0.05, 0) is 19.9 Å². The van der Waals surface area contributed by atoms with Gasteiger partial charge in [0.2, 0.25) is 0 Å². The molecule has 0 saturated heterocycles. The third kappa shape index (κ3) is 2.16. The molecule has 0 bridgehead atoms. The Morgan fingerprint density at radius 3 is 2.43 bits per heavy atom. The molecular formula is C10H12ClFO2. The van der Waals surface area contributed by atoms with Gasteiger partial charge in [0.15, 0.2) is 0 Å². The van der Waals surface area contributed by atoms with Gasteiger partial charge in [0, 0.05) is 11.6 Å². The molecule has 0 aliphatic carbocycles. The van der Waals surface area contributed by atoms with Crippen LogP contribution in [0.15, 0.2) is 12.1 Å². The van der Waals surface area contributed by atoms with Crippen LogP contribution in [0.1, 0.15) is 19.4 Å². The van der Waals surface area contributed by atoms with Crippen LogP contribution in [-0.2, 0) is 5.60 Å². The first-order valence-electron chi connectivity index (χ1n) is 4.12. The summed E-state index contributed by atoms with van der Waals surface area (Å²) in [5.41, 5.74) is -0.644. The molecule has 0 aliphatic rings. The summed E-state index contributed by atoms with van der Waals surface area (Å²) in [6.07, 6.45) is 0. The molecule has 0 atom stereocenters. The van der Waals surface area contributed by atoms with Crippen LogP contribution in [0, 0.1) is 5.82 Å². The van der Waals surface area contributed by atoms with Crippen molar-refractivity contribution in [1.82, 2.24) is 0 Å². The van der Waals surface area contributed by atoms with Gasteiger partial charge in [-0.3, -0.25) is 0 Å². The monoisotopic (exact) mass is 218 g/mol. The number of hydrogen-bond acceptors (Lipinski definition) is 2. The van der Waals surface area contributed by atoms with Gasteiger partial charge in [-0.15, -0.1) is 0 Å². The van der Waals surface area contributed by atoms with E-state index < -0.39 is 11.4 Å². The molecule has 0 fully saturated rings. The van der Waals surface area contributed by atoms with Crippen molar-refractivity contribution in [2.24, 2.45) is 0 Å². The lowest BCUT2D eigenvalue weighted by molar-refractivity contribution is 0.0755. The summed E-state index contributed by atoms with van der Waals surface area (Å²) < 4.78 is 18.0. The van der Waals surface area contributed by atoms with E-state index in [9.17, 15) is 9.50 Å². The minimum absolute atomic E-state index is 0.0251. The molecule has 1 aromatic carbocycles. The van der Waals surface area contributed by atoms with Crippen LogP contribution < -0.4 is 4.74 Å². The van der Waals surface area contributed by atoms with Crippen LogP contribution in [0.2, 0.25) is 5.02 Å². The lowest BCUT2D eigenvalue weighted by Gasteiger charge is -2.21. The summed E-state index contributed by atoms with van der Waals surface area (Å²) in [4.78, 5) is 0. The molecule has 2 nitrogen and oxygen atoms in total. The minimum Gasteiger partial charge on any atom is -0.496 e. The zero-order valence-electron chi connectivity index (χ0n) is 8.27. The highest BCUT2D eigenvalue weighted by Crippen LogP contribution is 2.33.